The Balaban J connectivity index is 0.00000126. The Morgan fingerprint density at radius 3 is 2.91 bits per heavy atom. The number of hydrogen-bond acceptors (Lipinski definition) is 5. The second-order valence-electron chi connectivity index (χ2n) is 8.05. The van der Waals surface area contributed by atoms with Crippen LogP contribution in [0.25, 0.3) is 0 Å². The summed E-state index contributed by atoms with van der Waals surface area (Å²) in [5, 5.41) is 12.7. The van der Waals surface area contributed by atoms with E-state index < -0.39 is 5.97 Å². The van der Waals surface area contributed by atoms with Crippen LogP contribution in [0.3, 0.4) is 0 Å². The minimum absolute atomic E-state index is 0.237. The van der Waals surface area contributed by atoms with Crippen LogP contribution in [0.5, 0.6) is 5.75 Å². The lowest BCUT2D eigenvalue weighted by Gasteiger charge is -2.33. The molecule has 0 fully saturated rings. The predicted molar refractivity (Wildman–Crippen MR) is 132 cm³/mol. The number of aromatic nitrogens is 1. The Morgan fingerprint density at radius 1 is 1.21 bits per heavy atom. The zero-order chi connectivity index (χ0) is 23.2. The molecule has 0 saturated carbocycles. The van der Waals surface area contributed by atoms with Gasteiger partial charge in [-0.05, 0) is 48.6 Å². The maximum Gasteiger partial charge on any atom is 0.337 e. The van der Waals surface area contributed by atoms with Crippen molar-refractivity contribution >= 4 is 23.0 Å². The largest absolute Gasteiger partial charge is 0.493 e. The van der Waals surface area contributed by atoms with E-state index in [0.29, 0.717) is 18.8 Å². The number of anilines is 3. The fraction of sp³-hybridized carbons (Fsp3) is 0.333. The Kier molecular flexibility index (Phi) is 7.13. The number of nitrogens with one attached hydrogen (secondary N) is 1. The van der Waals surface area contributed by atoms with Crippen molar-refractivity contribution in [3.8, 4) is 5.75 Å². The summed E-state index contributed by atoms with van der Waals surface area (Å²) in [5.74, 6) is 0.209. The van der Waals surface area contributed by atoms with Gasteiger partial charge < -0.3 is 20.1 Å². The Labute approximate surface area is 195 Å². The van der Waals surface area contributed by atoms with Gasteiger partial charge in [-0.25, -0.2) is 4.79 Å². The quantitative estimate of drug-likeness (QED) is 0.512. The van der Waals surface area contributed by atoms with Crippen molar-refractivity contribution in [2.75, 3.05) is 29.9 Å². The van der Waals surface area contributed by atoms with Crippen LogP contribution >= 0.6 is 0 Å². The first-order valence-electron chi connectivity index (χ1n) is 11.7. The Hall–Kier alpha value is -3.54. The van der Waals surface area contributed by atoms with Gasteiger partial charge >= 0.3 is 5.97 Å². The molecule has 0 amide bonds. The van der Waals surface area contributed by atoms with E-state index in [1.165, 1.54) is 23.5 Å². The van der Waals surface area contributed by atoms with Crippen molar-refractivity contribution in [3.63, 3.8) is 0 Å². The van der Waals surface area contributed by atoms with Crippen LogP contribution in [0.15, 0.2) is 60.9 Å². The first-order chi connectivity index (χ1) is 16.2. The number of fused-ring (bicyclic) bond motifs is 2. The molecule has 0 spiro atoms. The van der Waals surface area contributed by atoms with Crippen LogP contribution < -0.4 is 15.0 Å². The summed E-state index contributed by atoms with van der Waals surface area (Å²) in [6.45, 7) is 6.28. The highest BCUT2D eigenvalue weighted by Gasteiger charge is 2.25. The lowest BCUT2D eigenvalue weighted by molar-refractivity contribution is 0.0697. The number of carboxylic acid groups (broad SMARTS) is 1. The molecule has 172 valence electrons. The third-order valence-electron chi connectivity index (χ3n) is 6.17. The van der Waals surface area contributed by atoms with Crippen LogP contribution in [0, 0.1) is 0 Å². The summed E-state index contributed by atoms with van der Waals surface area (Å²) in [4.78, 5) is 17.9. The van der Waals surface area contributed by atoms with Crippen molar-refractivity contribution < 1.29 is 14.6 Å². The number of aromatic carboxylic acids is 1. The van der Waals surface area contributed by atoms with E-state index >= 15 is 0 Å². The first-order valence-corrected chi connectivity index (χ1v) is 11.7. The molecule has 0 radical (unpaired) electrons. The number of carbonyl (C=O) groups is 1. The molecule has 3 aromatic rings. The van der Waals surface area contributed by atoms with Gasteiger partial charge in [-0.1, -0.05) is 38.1 Å². The monoisotopic (exact) mass is 445 g/mol. The summed E-state index contributed by atoms with van der Waals surface area (Å²) >= 11 is 0. The minimum Gasteiger partial charge on any atom is -0.493 e. The van der Waals surface area contributed by atoms with E-state index in [4.69, 9.17) is 4.74 Å². The topological polar surface area (TPSA) is 74.7 Å². The van der Waals surface area contributed by atoms with Gasteiger partial charge in [0, 0.05) is 42.6 Å². The van der Waals surface area contributed by atoms with Gasteiger partial charge in [0.2, 0.25) is 0 Å². The van der Waals surface area contributed by atoms with Gasteiger partial charge in [0.1, 0.15) is 5.75 Å². The molecule has 2 aliphatic rings. The van der Waals surface area contributed by atoms with E-state index in [9.17, 15) is 9.90 Å². The predicted octanol–water partition coefficient (Wildman–Crippen LogP) is 5.87. The zero-order valence-corrected chi connectivity index (χ0v) is 19.3. The maximum absolute atomic E-state index is 11.5. The normalized spacial score (nSPS) is 16.4. The number of carboxylic acids is 1. The molecule has 3 heterocycles. The maximum atomic E-state index is 11.5. The molecule has 1 unspecified atom stereocenters. The van der Waals surface area contributed by atoms with E-state index in [-0.39, 0.29) is 11.5 Å². The Morgan fingerprint density at radius 2 is 2.06 bits per heavy atom. The third-order valence-corrected chi connectivity index (χ3v) is 6.17. The number of aryl methyl sites for hydroxylation is 1. The van der Waals surface area contributed by atoms with Crippen molar-refractivity contribution in [3.05, 3.63) is 77.6 Å². The van der Waals surface area contributed by atoms with Crippen LogP contribution in [-0.2, 0) is 6.42 Å². The highest BCUT2D eigenvalue weighted by atomic mass is 16.5. The van der Waals surface area contributed by atoms with E-state index in [0.717, 1.165) is 42.8 Å². The van der Waals surface area contributed by atoms with Gasteiger partial charge in [-0.15, -0.1) is 0 Å². The van der Waals surface area contributed by atoms with Gasteiger partial charge in [-0.3, -0.25) is 4.98 Å². The molecule has 1 atom stereocenters. The minimum atomic E-state index is -0.955. The molecular formula is C27H31N3O3. The van der Waals surface area contributed by atoms with Gasteiger partial charge in [-0.2, -0.15) is 0 Å². The van der Waals surface area contributed by atoms with Crippen molar-refractivity contribution in [1.29, 1.82) is 0 Å². The molecule has 0 aliphatic carbocycles. The van der Waals surface area contributed by atoms with Crippen molar-refractivity contribution in [1.82, 2.24) is 4.98 Å². The lowest BCUT2D eigenvalue weighted by Crippen LogP contribution is -2.25. The number of rotatable bonds is 5. The zero-order valence-electron chi connectivity index (χ0n) is 19.3. The van der Waals surface area contributed by atoms with Crippen LogP contribution in [-0.4, -0.2) is 35.8 Å². The highest BCUT2D eigenvalue weighted by Crippen LogP contribution is 2.40. The summed E-state index contributed by atoms with van der Waals surface area (Å²) < 4.78 is 6.03. The molecule has 33 heavy (non-hydrogen) atoms. The standard InChI is InChI=1S/C25H25N3O3.C2H6/c29-25(30)21-9-11-26-16-22(21)27-15-18-10-13-31-24-14-19(7-8-20(18)24)28-12-3-5-17-4-1-2-6-23(17)28;1-2/h1-2,4,6-9,11,14,16,18,27H,3,5,10,12-13,15H2,(H,29,30);1-2H3. The molecule has 2 aliphatic heterocycles. The van der Waals surface area contributed by atoms with Crippen molar-refractivity contribution in [2.24, 2.45) is 0 Å². The van der Waals surface area contributed by atoms with Crippen LogP contribution in [0.2, 0.25) is 0 Å². The number of para-hydroxylation sites is 1. The van der Waals surface area contributed by atoms with Crippen LogP contribution in [0.4, 0.5) is 17.1 Å². The first kappa shape index (κ1) is 22.6. The average Bonchev–Trinajstić information content (AvgIpc) is 2.88. The number of hydrogen-bond donors (Lipinski definition) is 2. The summed E-state index contributed by atoms with van der Waals surface area (Å²) in [5.41, 5.74) is 5.76. The lowest BCUT2D eigenvalue weighted by atomic mass is 9.92. The molecule has 6 heteroatoms. The second kappa shape index (κ2) is 10.4. The number of pyridine rings is 1. The molecule has 0 saturated heterocycles. The van der Waals surface area contributed by atoms with Crippen molar-refractivity contribution in [2.45, 2.75) is 39.0 Å². The summed E-state index contributed by atoms with van der Waals surface area (Å²) in [6.07, 6.45) is 6.21. The number of nitrogens with zero attached hydrogens (tertiary/aromatic N) is 2. The molecule has 5 rings (SSSR count). The fourth-order valence-corrected chi connectivity index (χ4v) is 4.59. The molecule has 2 N–H and O–H groups in total. The Bertz CT molecular complexity index is 1120. The van der Waals surface area contributed by atoms with Crippen LogP contribution in [0.1, 0.15) is 54.1 Å². The van der Waals surface area contributed by atoms with Gasteiger partial charge in [0.05, 0.1) is 24.1 Å². The molecule has 0 bridgehead atoms. The van der Waals surface area contributed by atoms with E-state index in [2.05, 4.69) is 57.7 Å². The smallest absolute Gasteiger partial charge is 0.337 e. The second-order valence-corrected chi connectivity index (χ2v) is 8.05. The molecule has 1 aromatic heterocycles. The average molecular weight is 446 g/mol. The molecule has 6 nitrogen and oxygen atoms in total. The van der Waals surface area contributed by atoms with Gasteiger partial charge in [0.25, 0.3) is 0 Å². The number of ether oxygens (including phenoxy) is 1. The molecule has 2 aromatic carbocycles. The third kappa shape index (κ3) is 4.80. The molecular weight excluding hydrogens is 414 g/mol. The van der Waals surface area contributed by atoms with E-state index in [1.54, 1.807) is 6.20 Å². The summed E-state index contributed by atoms with van der Waals surface area (Å²) in [6, 6.07) is 16.6. The number of benzene rings is 2. The SMILES string of the molecule is CC.O=C(O)c1ccncc1NCC1CCOc2cc(N3CCCc4ccccc43)ccc21. The fourth-order valence-electron chi connectivity index (χ4n) is 4.59. The van der Waals surface area contributed by atoms with Gasteiger partial charge in [0.15, 0.2) is 0 Å². The highest BCUT2D eigenvalue weighted by molar-refractivity contribution is 5.93. The van der Waals surface area contributed by atoms with E-state index in [1.807, 2.05) is 13.8 Å². The summed E-state index contributed by atoms with van der Waals surface area (Å²) in [7, 11) is 0.